The van der Waals surface area contributed by atoms with E-state index in [1.807, 2.05) is 18.4 Å². The number of rotatable bonds is 3. The van der Waals surface area contributed by atoms with E-state index in [1.165, 1.54) is 5.57 Å². The maximum absolute atomic E-state index is 5.34. The van der Waals surface area contributed by atoms with Crippen LogP contribution in [0.3, 0.4) is 0 Å². The van der Waals surface area contributed by atoms with Gasteiger partial charge < -0.3 is 5.73 Å². The molecule has 2 heteroatoms. The van der Waals surface area contributed by atoms with Gasteiger partial charge in [0.05, 0.1) is 0 Å². The molecular weight excluding hydrogens is 184 g/mol. The van der Waals surface area contributed by atoms with Crippen molar-refractivity contribution in [1.29, 1.82) is 0 Å². The molecule has 0 amide bonds. The van der Waals surface area contributed by atoms with Crippen LogP contribution in [0.15, 0.2) is 40.7 Å². The molecule has 82 valence electrons. The van der Waals surface area contributed by atoms with Crippen molar-refractivity contribution < 1.29 is 0 Å². The summed E-state index contributed by atoms with van der Waals surface area (Å²) in [6.45, 7) is 6.65. The molecular formula is C13H20N2. The summed E-state index contributed by atoms with van der Waals surface area (Å²) in [5.41, 5.74) is 7.91. The Kier molecular flexibility index (Phi) is 4.35. The van der Waals surface area contributed by atoms with Gasteiger partial charge >= 0.3 is 0 Å². The van der Waals surface area contributed by atoms with Gasteiger partial charge in [0.15, 0.2) is 0 Å². The summed E-state index contributed by atoms with van der Waals surface area (Å²) >= 11 is 0. The summed E-state index contributed by atoms with van der Waals surface area (Å²) in [5.74, 6) is 1.03. The molecule has 15 heavy (non-hydrogen) atoms. The maximum atomic E-state index is 5.34. The van der Waals surface area contributed by atoms with E-state index >= 15 is 0 Å². The lowest BCUT2D eigenvalue weighted by Gasteiger charge is -2.24. The molecule has 2 nitrogen and oxygen atoms in total. The first-order valence-electron chi connectivity index (χ1n) is 5.53. The fourth-order valence-corrected chi connectivity index (χ4v) is 1.94. The number of hydrogen-bond donors (Lipinski definition) is 1. The average molecular weight is 204 g/mol. The predicted molar refractivity (Wildman–Crippen MR) is 66.6 cm³/mol. The summed E-state index contributed by atoms with van der Waals surface area (Å²) in [5, 5.41) is 0. The standard InChI is InChI=1S/C13H20N2/c1-4-11-12(10(2)3)7-9-15-13(11)6-5-8-14/h5-11H,4,14H2,1-3H3/b8-5-,13-6+. The van der Waals surface area contributed by atoms with E-state index < -0.39 is 0 Å². The van der Waals surface area contributed by atoms with Crippen LogP contribution in [0.25, 0.3) is 0 Å². The zero-order chi connectivity index (χ0) is 11.3. The molecule has 0 bridgehead atoms. The minimum Gasteiger partial charge on any atom is -0.405 e. The molecule has 0 aromatic heterocycles. The van der Waals surface area contributed by atoms with Crippen LogP contribution in [0.1, 0.15) is 27.2 Å². The van der Waals surface area contributed by atoms with Crippen molar-refractivity contribution >= 4 is 6.21 Å². The van der Waals surface area contributed by atoms with E-state index in [0.29, 0.717) is 11.8 Å². The van der Waals surface area contributed by atoms with Gasteiger partial charge in [-0.25, -0.2) is 0 Å². The highest BCUT2D eigenvalue weighted by Gasteiger charge is 2.20. The number of allylic oxidation sites excluding steroid dienone is 4. The minimum atomic E-state index is 0.450. The van der Waals surface area contributed by atoms with Crippen molar-refractivity contribution in [3.05, 3.63) is 35.7 Å². The first-order chi connectivity index (χ1) is 7.20. The molecule has 1 rings (SSSR count). The second-order valence-electron chi connectivity index (χ2n) is 4.04. The highest BCUT2D eigenvalue weighted by Crippen LogP contribution is 2.31. The topological polar surface area (TPSA) is 38.4 Å². The first kappa shape index (κ1) is 11.8. The molecule has 0 saturated heterocycles. The second-order valence-corrected chi connectivity index (χ2v) is 4.04. The zero-order valence-corrected chi connectivity index (χ0v) is 9.77. The molecule has 0 spiro atoms. The van der Waals surface area contributed by atoms with Gasteiger partial charge in [-0.1, -0.05) is 26.3 Å². The van der Waals surface area contributed by atoms with Gasteiger partial charge in [0.2, 0.25) is 0 Å². The van der Waals surface area contributed by atoms with Crippen molar-refractivity contribution in [1.82, 2.24) is 0 Å². The Bertz CT molecular complexity index is 319. The largest absolute Gasteiger partial charge is 0.405 e. The number of hydrogen-bond acceptors (Lipinski definition) is 2. The quantitative estimate of drug-likeness (QED) is 0.754. The molecule has 1 atom stereocenters. The number of nitrogens with zero attached hydrogens (tertiary/aromatic N) is 1. The Morgan fingerprint density at radius 3 is 2.80 bits per heavy atom. The van der Waals surface area contributed by atoms with Crippen LogP contribution in [0.5, 0.6) is 0 Å². The predicted octanol–water partition coefficient (Wildman–Crippen LogP) is 3.04. The lowest BCUT2D eigenvalue weighted by Crippen LogP contribution is -2.13. The Hall–Kier alpha value is -1.31. The van der Waals surface area contributed by atoms with Crippen LogP contribution in [0, 0.1) is 11.8 Å². The molecule has 1 aliphatic heterocycles. The molecule has 0 aromatic rings. The SMILES string of the molecule is CCC1C(C(C)C)=CC=N/C1=C/C=C\N. The Balaban J connectivity index is 2.96. The van der Waals surface area contributed by atoms with Crippen LogP contribution >= 0.6 is 0 Å². The molecule has 0 aliphatic carbocycles. The lowest BCUT2D eigenvalue weighted by atomic mass is 9.84. The van der Waals surface area contributed by atoms with Crippen LogP contribution in [-0.4, -0.2) is 6.21 Å². The van der Waals surface area contributed by atoms with E-state index in [1.54, 1.807) is 6.20 Å². The summed E-state index contributed by atoms with van der Waals surface area (Å²) in [6, 6.07) is 0. The van der Waals surface area contributed by atoms with Gasteiger partial charge in [0.1, 0.15) is 0 Å². The summed E-state index contributed by atoms with van der Waals surface area (Å²) in [7, 11) is 0. The highest BCUT2D eigenvalue weighted by molar-refractivity contribution is 5.75. The Morgan fingerprint density at radius 2 is 2.27 bits per heavy atom. The van der Waals surface area contributed by atoms with Gasteiger partial charge in [0.25, 0.3) is 0 Å². The lowest BCUT2D eigenvalue weighted by molar-refractivity contribution is 0.582. The molecule has 0 saturated carbocycles. The molecule has 0 radical (unpaired) electrons. The van der Waals surface area contributed by atoms with E-state index in [9.17, 15) is 0 Å². The third-order valence-electron chi connectivity index (χ3n) is 2.70. The fraction of sp³-hybridized carbons (Fsp3) is 0.462. The van der Waals surface area contributed by atoms with Crippen LogP contribution in [-0.2, 0) is 0 Å². The maximum Gasteiger partial charge on any atom is 0.0475 e. The van der Waals surface area contributed by atoms with Crippen molar-refractivity contribution in [2.45, 2.75) is 27.2 Å². The zero-order valence-electron chi connectivity index (χ0n) is 9.77. The van der Waals surface area contributed by atoms with E-state index in [0.717, 1.165) is 12.1 Å². The van der Waals surface area contributed by atoms with Gasteiger partial charge in [-0.3, -0.25) is 4.99 Å². The van der Waals surface area contributed by atoms with E-state index in [-0.39, 0.29) is 0 Å². The van der Waals surface area contributed by atoms with Gasteiger partial charge in [-0.2, -0.15) is 0 Å². The second kappa shape index (κ2) is 5.54. The molecule has 1 heterocycles. The highest BCUT2D eigenvalue weighted by atomic mass is 14.8. The fourth-order valence-electron chi connectivity index (χ4n) is 1.94. The monoisotopic (exact) mass is 204 g/mol. The third kappa shape index (κ3) is 2.82. The molecule has 1 aliphatic rings. The van der Waals surface area contributed by atoms with Gasteiger partial charge in [-0.05, 0) is 36.8 Å². The average Bonchev–Trinajstić information content (AvgIpc) is 2.25. The number of nitrogens with two attached hydrogens (primary N) is 1. The van der Waals surface area contributed by atoms with Crippen molar-refractivity contribution in [3.8, 4) is 0 Å². The van der Waals surface area contributed by atoms with Crippen LogP contribution in [0.2, 0.25) is 0 Å². The summed E-state index contributed by atoms with van der Waals surface area (Å²) < 4.78 is 0. The van der Waals surface area contributed by atoms with Crippen LogP contribution < -0.4 is 5.73 Å². The molecule has 1 unspecified atom stereocenters. The normalized spacial score (nSPS) is 24.1. The summed E-state index contributed by atoms with van der Waals surface area (Å²) in [4.78, 5) is 4.40. The van der Waals surface area contributed by atoms with Crippen molar-refractivity contribution in [3.63, 3.8) is 0 Å². The molecule has 0 fully saturated rings. The molecule has 2 N–H and O–H groups in total. The summed E-state index contributed by atoms with van der Waals surface area (Å²) in [6.07, 6.45) is 10.5. The number of dihydropyridines is 1. The van der Waals surface area contributed by atoms with Gasteiger partial charge in [0, 0.05) is 17.8 Å². The minimum absolute atomic E-state index is 0.450. The van der Waals surface area contributed by atoms with Crippen molar-refractivity contribution in [2.75, 3.05) is 0 Å². The Morgan fingerprint density at radius 1 is 1.53 bits per heavy atom. The first-order valence-corrected chi connectivity index (χ1v) is 5.53. The van der Waals surface area contributed by atoms with E-state index in [4.69, 9.17) is 5.73 Å². The Labute approximate surface area is 92.3 Å². The van der Waals surface area contributed by atoms with Crippen molar-refractivity contribution in [2.24, 2.45) is 22.6 Å². The smallest absolute Gasteiger partial charge is 0.0475 e. The molecule has 0 aromatic carbocycles. The van der Waals surface area contributed by atoms with E-state index in [2.05, 4.69) is 31.8 Å². The number of aliphatic imine (C=N–C) groups is 1. The van der Waals surface area contributed by atoms with Crippen LogP contribution in [0.4, 0.5) is 0 Å². The third-order valence-corrected chi connectivity index (χ3v) is 2.70. The van der Waals surface area contributed by atoms with Gasteiger partial charge in [-0.15, -0.1) is 0 Å².